The second-order valence-electron chi connectivity index (χ2n) is 6.18. The van der Waals surface area contributed by atoms with E-state index in [1.54, 1.807) is 12.3 Å². The monoisotopic (exact) mass is 351 g/mol. The van der Waals surface area contributed by atoms with Crippen LogP contribution in [0.3, 0.4) is 0 Å². The number of fused-ring (bicyclic) bond motifs is 1. The molecule has 1 aliphatic heterocycles. The van der Waals surface area contributed by atoms with Gasteiger partial charge < -0.3 is 19.9 Å². The first-order chi connectivity index (χ1) is 12.8. The van der Waals surface area contributed by atoms with Crippen LogP contribution in [-0.2, 0) is 11.2 Å². The number of imidazole rings is 1. The van der Waals surface area contributed by atoms with Crippen molar-refractivity contribution in [2.24, 2.45) is 0 Å². The number of ether oxygens (including phenoxy) is 1. The number of amides is 1. The Bertz CT molecular complexity index is 869. The van der Waals surface area contributed by atoms with Crippen molar-refractivity contribution >= 4 is 22.8 Å². The Labute approximate surface area is 151 Å². The zero-order valence-electron chi connectivity index (χ0n) is 14.4. The highest BCUT2D eigenvalue weighted by atomic mass is 16.5. The Kier molecular flexibility index (Phi) is 4.79. The molecule has 2 N–H and O–H groups in total. The number of H-pyrrole nitrogens is 1. The number of anilines is 1. The zero-order valence-corrected chi connectivity index (χ0v) is 14.4. The molecule has 2 aromatic heterocycles. The second kappa shape index (κ2) is 7.53. The number of hydrogen-bond donors (Lipinski definition) is 2. The first-order valence-electron chi connectivity index (χ1n) is 8.81. The molecule has 26 heavy (non-hydrogen) atoms. The highest BCUT2D eigenvalue weighted by Crippen LogP contribution is 2.18. The minimum atomic E-state index is -0.115. The lowest BCUT2D eigenvalue weighted by molar-refractivity contribution is 0.0952. The molecule has 4 rings (SSSR count). The Morgan fingerprint density at radius 1 is 1.19 bits per heavy atom. The molecule has 3 aromatic rings. The predicted octanol–water partition coefficient (Wildman–Crippen LogP) is 1.77. The third-order valence-corrected chi connectivity index (χ3v) is 4.43. The molecular formula is C19H21N5O2. The Hall–Kier alpha value is -2.93. The average molecular weight is 351 g/mol. The van der Waals surface area contributed by atoms with Gasteiger partial charge in [0, 0.05) is 32.3 Å². The third-order valence-electron chi connectivity index (χ3n) is 4.43. The number of nitrogens with one attached hydrogen (secondary N) is 2. The molecule has 0 saturated carbocycles. The fraction of sp³-hybridized carbons (Fsp3) is 0.316. The largest absolute Gasteiger partial charge is 0.378 e. The van der Waals surface area contributed by atoms with Crippen molar-refractivity contribution < 1.29 is 9.53 Å². The number of para-hydroxylation sites is 2. The van der Waals surface area contributed by atoms with Gasteiger partial charge in [-0.2, -0.15) is 0 Å². The molecule has 1 amide bonds. The molecule has 0 radical (unpaired) electrons. The number of aromatic nitrogens is 3. The average Bonchev–Trinajstić information content (AvgIpc) is 3.11. The van der Waals surface area contributed by atoms with E-state index in [1.165, 1.54) is 0 Å². The summed E-state index contributed by atoms with van der Waals surface area (Å²) in [5, 5.41) is 2.97. The van der Waals surface area contributed by atoms with Gasteiger partial charge in [-0.25, -0.2) is 9.97 Å². The van der Waals surface area contributed by atoms with E-state index in [2.05, 4.69) is 25.2 Å². The number of nitrogens with zero attached hydrogens (tertiary/aromatic N) is 3. The molecule has 1 aliphatic rings. The van der Waals surface area contributed by atoms with Crippen molar-refractivity contribution in [2.45, 2.75) is 6.42 Å². The fourth-order valence-electron chi connectivity index (χ4n) is 3.12. The van der Waals surface area contributed by atoms with Gasteiger partial charge in [0.25, 0.3) is 5.91 Å². The van der Waals surface area contributed by atoms with E-state index < -0.39 is 0 Å². The van der Waals surface area contributed by atoms with E-state index in [0.717, 1.165) is 35.8 Å². The van der Waals surface area contributed by atoms with Gasteiger partial charge >= 0.3 is 0 Å². The number of benzene rings is 1. The Balaban J connectivity index is 1.40. The lowest BCUT2D eigenvalue weighted by Gasteiger charge is -2.29. The van der Waals surface area contributed by atoms with E-state index in [1.807, 2.05) is 30.3 Å². The minimum absolute atomic E-state index is 0.115. The molecule has 0 spiro atoms. The maximum absolute atomic E-state index is 12.6. The van der Waals surface area contributed by atoms with E-state index in [0.29, 0.717) is 31.7 Å². The van der Waals surface area contributed by atoms with Crippen molar-refractivity contribution in [1.29, 1.82) is 0 Å². The first-order valence-corrected chi connectivity index (χ1v) is 8.81. The van der Waals surface area contributed by atoms with Gasteiger partial charge in [0.05, 0.1) is 29.8 Å². The van der Waals surface area contributed by atoms with Crippen molar-refractivity contribution in [3.63, 3.8) is 0 Å². The SMILES string of the molecule is O=C(NCCc1nc2ccccc2[nH]1)c1cccnc1N1CCOCC1. The summed E-state index contributed by atoms with van der Waals surface area (Å²) in [7, 11) is 0. The highest BCUT2D eigenvalue weighted by Gasteiger charge is 2.19. The summed E-state index contributed by atoms with van der Waals surface area (Å²) in [5.74, 6) is 1.47. The zero-order chi connectivity index (χ0) is 17.8. The molecule has 7 heteroatoms. The third kappa shape index (κ3) is 3.52. The summed E-state index contributed by atoms with van der Waals surface area (Å²) in [6.45, 7) is 3.32. The van der Waals surface area contributed by atoms with Crippen LogP contribution in [0.25, 0.3) is 11.0 Å². The van der Waals surface area contributed by atoms with Crippen LogP contribution in [0.5, 0.6) is 0 Å². The molecule has 7 nitrogen and oxygen atoms in total. The van der Waals surface area contributed by atoms with E-state index in [4.69, 9.17) is 4.74 Å². The van der Waals surface area contributed by atoms with E-state index in [9.17, 15) is 4.79 Å². The van der Waals surface area contributed by atoms with Crippen molar-refractivity contribution in [3.05, 3.63) is 54.0 Å². The lowest BCUT2D eigenvalue weighted by Crippen LogP contribution is -2.38. The molecule has 0 bridgehead atoms. The van der Waals surface area contributed by atoms with E-state index >= 15 is 0 Å². The van der Waals surface area contributed by atoms with Crippen molar-refractivity contribution in [3.8, 4) is 0 Å². The van der Waals surface area contributed by atoms with Crippen LogP contribution in [-0.4, -0.2) is 53.7 Å². The van der Waals surface area contributed by atoms with E-state index in [-0.39, 0.29) is 5.91 Å². The summed E-state index contributed by atoms with van der Waals surface area (Å²) in [6, 6.07) is 11.5. The summed E-state index contributed by atoms with van der Waals surface area (Å²) < 4.78 is 5.38. The van der Waals surface area contributed by atoms with Crippen LogP contribution in [0, 0.1) is 0 Å². The maximum Gasteiger partial charge on any atom is 0.255 e. The molecule has 134 valence electrons. The molecule has 3 heterocycles. The number of pyridine rings is 1. The van der Waals surface area contributed by atoms with Gasteiger partial charge in [-0.05, 0) is 24.3 Å². The topological polar surface area (TPSA) is 83.1 Å². The first kappa shape index (κ1) is 16.5. The number of carbonyl (C=O) groups is 1. The Morgan fingerprint density at radius 3 is 2.88 bits per heavy atom. The van der Waals surface area contributed by atoms with Gasteiger partial charge in [0.2, 0.25) is 0 Å². The number of aromatic amines is 1. The summed E-state index contributed by atoms with van der Waals surface area (Å²) in [4.78, 5) is 26.9. The van der Waals surface area contributed by atoms with Gasteiger partial charge in [0.1, 0.15) is 11.6 Å². The number of morpholine rings is 1. The molecule has 1 fully saturated rings. The number of carbonyl (C=O) groups excluding carboxylic acids is 1. The molecule has 1 saturated heterocycles. The van der Waals surface area contributed by atoms with Gasteiger partial charge in [-0.3, -0.25) is 4.79 Å². The molecule has 0 atom stereocenters. The van der Waals surface area contributed by atoms with Gasteiger partial charge in [-0.1, -0.05) is 12.1 Å². The van der Waals surface area contributed by atoms with Crippen LogP contribution < -0.4 is 10.2 Å². The van der Waals surface area contributed by atoms with Crippen LogP contribution in [0.15, 0.2) is 42.6 Å². The highest BCUT2D eigenvalue weighted by molar-refractivity contribution is 5.98. The van der Waals surface area contributed by atoms with Crippen LogP contribution in [0.1, 0.15) is 16.2 Å². The number of rotatable bonds is 5. The molecule has 1 aromatic carbocycles. The van der Waals surface area contributed by atoms with Crippen LogP contribution >= 0.6 is 0 Å². The Morgan fingerprint density at radius 2 is 2.04 bits per heavy atom. The smallest absolute Gasteiger partial charge is 0.255 e. The summed E-state index contributed by atoms with van der Waals surface area (Å²) >= 11 is 0. The predicted molar refractivity (Wildman–Crippen MR) is 99.4 cm³/mol. The van der Waals surface area contributed by atoms with Gasteiger partial charge in [-0.15, -0.1) is 0 Å². The van der Waals surface area contributed by atoms with Crippen LogP contribution in [0.2, 0.25) is 0 Å². The quantitative estimate of drug-likeness (QED) is 0.732. The lowest BCUT2D eigenvalue weighted by atomic mass is 10.2. The number of hydrogen-bond acceptors (Lipinski definition) is 5. The van der Waals surface area contributed by atoms with Gasteiger partial charge in [0.15, 0.2) is 0 Å². The fourth-order valence-corrected chi connectivity index (χ4v) is 3.12. The van der Waals surface area contributed by atoms with Crippen molar-refractivity contribution in [2.75, 3.05) is 37.7 Å². The normalized spacial score (nSPS) is 14.5. The minimum Gasteiger partial charge on any atom is -0.378 e. The van der Waals surface area contributed by atoms with Crippen molar-refractivity contribution in [1.82, 2.24) is 20.3 Å². The summed E-state index contributed by atoms with van der Waals surface area (Å²) in [5.41, 5.74) is 2.55. The summed E-state index contributed by atoms with van der Waals surface area (Å²) in [6.07, 6.45) is 2.36. The standard InChI is InChI=1S/C19H21N5O2/c25-19(14-4-3-8-20-18(14)24-10-12-26-13-11-24)21-9-7-17-22-15-5-1-2-6-16(15)23-17/h1-6,8H,7,9-13H2,(H,21,25)(H,22,23). The van der Waals surface area contributed by atoms with Crippen LogP contribution in [0.4, 0.5) is 5.82 Å². The second-order valence-corrected chi connectivity index (χ2v) is 6.18. The molecule has 0 unspecified atom stereocenters. The molecule has 0 aliphatic carbocycles. The maximum atomic E-state index is 12.6. The molecular weight excluding hydrogens is 330 g/mol.